The molecule has 26 heavy (non-hydrogen) atoms. The SMILES string of the molecule is C[NH+]1CCCC[C@H]1COC(=O)C1c2ccccc2CCc2ccccc21. The third-order valence-corrected chi connectivity index (χ3v) is 6.13. The molecule has 0 amide bonds. The first kappa shape index (κ1) is 17.3. The molecule has 3 nitrogen and oxygen atoms in total. The number of aryl methyl sites for hydroxylation is 2. The summed E-state index contributed by atoms with van der Waals surface area (Å²) in [5.41, 5.74) is 4.77. The Bertz CT molecular complexity index is 738. The van der Waals surface area contributed by atoms with Crippen LogP contribution in [0.25, 0.3) is 0 Å². The van der Waals surface area contributed by atoms with E-state index in [9.17, 15) is 4.79 Å². The second-order valence-corrected chi connectivity index (χ2v) is 7.75. The van der Waals surface area contributed by atoms with E-state index in [0.29, 0.717) is 12.6 Å². The molecular weight excluding hydrogens is 322 g/mol. The average Bonchev–Trinajstić information content (AvgIpc) is 2.84. The van der Waals surface area contributed by atoms with E-state index < -0.39 is 0 Å². The molecule has 2 atom stereocenters. The van der Waals surface area contributed by atoms with E-state index in [-0.39, 0.29) is 11.9 Å². The fraction of sp³-hybridized carbons (Fsp3) is 0.435. The van der Waals surface area contributed by atoms with Gasteiger partial charge in [-0.2, -0.15) is 0 Å². The smallest absolute Gasteiger partial charge is 0.318 e. The summed E-state index contributed by atoms with van der Waals surface area (Å²) in [5.74, 6) is -0.390. The van der Waals surface area contributed by atoms with Crippen molar-refractivity contribution in [3.05, 3.63) is 70.8 Å². The molecular formula is C23H28NO2+. The molecule has 1 unspecified atom stereocenters. The lowest BCUT2D eigenvalue weighted by Gasteiger charge is -2.29. The first-order valence-corrected chi connectivity index (χ1v) is 9.88. The lowest BCUT2D eigenvalue weighted by Crippen LogP contribution is -3.14. The lowest BCUT2D eigenvalue weighted by atomic mass is 9.88. The molecule has 0 spiro atoms. The summed E-state index contributed by atoms with van der Waals surface area (Å²) >= 11 is 0. The van der Waals surface area contributed by atoms with Crippen LogP contribution in [0.2, 0.25) is 0 Å². The minimum atomic E-state index is -0.297. The van der Waals surface area contributed by atoms with Crippen LogP contribution in [0.1, 0.15) is 47.4 Å². The van der Waals surface area contributed by atoms with Gasteiger partial charge in [-0.1, -0.05) is 48.5 Å². The van der Waals surface area contributed by atoms with Crippen LogP contribution in [0.15, 0.2) is 48.5 Å². The minimum absolute atomic E-state index is 0.0924. The van der Waals surface area contributed by atoms with Gasteiger partial charge in [-0.05, 0) is 47.9 Å². The zero-order chi connectivity index (χ0) is 17.9. The molecule has 1 N–H and O–H groups in total. The number of benzene rings is 2. The Hall–Kier alpha value is -2.13. The maximum absolute atomic E-state index is 13.2. The minimum Gasteiger partial charge on any atom is -0.459 e. The van der Waals surface area contributed by atoms with Gasteiger partial charge < -0.3 is 9.64 Å². The van der Waals surface area contributed by atoms with E-state index in [1.807, 2.05) is 12.1 Å². The quantitative estimate of drug-likeness (QED) is 0.863. The van der Waals surface area contributed by atoms with Crippen molar-refractivity contribution < 1.29 is 14.4 Å². The van der Waals surface area contributed by atoms with Crippen LogP contribution in [0.4, 0.5) is 0 Å². The van der Waals surface area contributed by atoms with E-state index in [0.717, 1.165) is 30.4 Å². The summed E-state index contributed by atoms with van der Waals surface area (Å²) in [7, 11) is 2.22. The Balaban J connectivity index is 1.61. The number of quaternary nitrogens is 1. The number of fused-ring (bicyclic) bond motifs is 2. The topological polar surface area (TPSA) is 30.7 Å². The van der Waals surface area contributed by atoms with Crippen molar-refractivity contribution in [3.63, 3.8) is 0 Å². The molecule has 1 aliphatic heterocycles. The summed E-state index contributed by atoms with van der Waals surface area (Å²) < 4.78 is 5.90. The number of piperidine rings is 1. The standard InChI is InChI=1S/C23H27NO2/c1-24-15-7-6-10-19(24)16-26-23(25)22-20-11-4-2-8-17(20)13-14-18-9-3-5-12-21(18)22/h2-5,8-9,11-12,19,22H,6-7,10,13-16H2,1H3/p+1/t19-/m0/s1. The molecule has 0 aromatic heterocycles. The highest BCUT2D eigenvalue weighted by atomic mass is 16.5. The number of likely N-dealkylation sites (N-methyl/N-ethyl adjacent to an activating group) is 1. The largest absolute Gasteiger partial charge is 0.459 e. The zero-order valence-electron chi connectivity index (χ0n) is 15.5. The van der Waals surface area contributed by atoms with Crippen LogP contribution in [0, 0.1) is 0 Å². The normalized spacial score (nSPS) is 22.8. The van der Waals surface area contributed by atoms with Gasteiger partial charge in [0.05, 0.1) is 13.6 Å². The van der Waals surface area contributed by atoms with Gasteiger partial charge in [-0.25, -0.2) is 0 Å². The van der Waals surface area contributed by atoms with Crippen molar-refractivity contribution in [1.82, 2.24) is 0 Å². The highest BCUT2D eigenvalue weighted by Gasteiger charge is 2.32. The number of hydrogen-bond acceptors (Lipinski definition) is 2. The van der Waals surface area contributed by atoms with Crippen molar-refractivity contribution in [2.45, 2.75) is 44.1 Å². The van der Waals surface area contributed by atoms with Gasteiger partial charge in [0.2, 0.25) is 0 Å². The Kier molecular flexibility index (Phi) is 5.07. The number of likely N-dealkylation sites (tertiary alicyclic amines) is 1. The molecule has 0 bridgehead atoms. The number of esters is 1. The molecule has 0 radical (unpaired) electrons. The second kappa shape index (κ2) is 7.63. The van der Waals surface area contributed by atoms with Gasteiger partial charge >= 0.3 is 5.97 Å². The van der Waals surface area contributed by atoms with Crippen LogP contribution in [0.5, 0.6) is 0 Å². The van der Waals surface area contributed by atoms with Crippen LogP contribution in [0.3, 0.4) is 0 Å². The molecule has 1 fully saturated rings. The summed E-state index contributed by atoms with van der Waals surface area (Å²) in [6, 6.07) is 17.1. The summed E-state index contributed by atoms with van der Waals surface area (Å²) in [5, 5.41) is 0. The molecule has 3 heteroatoms. The van der Waals surface area contributed by atoms with Crippen LogP contribution < -0.4 is 4.90 Å². The first-order chi connectivity index (χ1) is 12.7. The lowest BCUT2D eigenvalue weighted by molar-refractivity contribution is -0.911. The third-order valence-electron chi connectivity index (χ3n) is 6.13. The van der Waals surface area contributed by atoms with Crippen molar-refractivity contribution in [2.75, 3.05) is 20.2 Å². The third kappa shape index (κ3) is 3.41. The highest BCUT2D eigenvalue weighted by Crippen LogP contribution is 2.35. The Morgan fingerprint density at radius 2 is 1.62 bits per heavy atom. The zero-order valence-corrected chi connectivity index (χ0v) is 15.5. The molecule has 4 rings (SSSR count). The molecule has 136 valence electrons. The van der Waals surface area contributed by atoms with Crippen LogP contribution in [-0.2, 0) is 22.4 Å². The Morgan fingerprint density at radius 3 is 2.23 bits per heavy atom. The number of carbonyl (C=O) groups excluding carboxylic acids is 1. The maximum Gasteiger partial charge on any atom is 0.318 e. The van der Waals surface area contributed by atoms with Crippen LogP contribution >= 0.6 is 0 Å². The van der Waals surface area contributed by atoms with Gasteiger partial charge in [0.15, 0.2) is 0 Å². The Labute approximate surface area is 156 Å². The predicted octanol–water partition coefficient (Wildman–Crippen LogP) is 2.53. The number of carbonyl (C=O) groups is 1. The molecule has 0 saturated carbocycles. The number of hydrogen-bond donors (Lipinski definition) is 1. The average molecular weight is 350 g/mol. The predicted molar refractivity (Wildman–Crippen MR) is 102 cm³/mol. The van der Waals surface area contributed by atoms with E-state index in [1.165, 1.54) is 35.4 Å². The van der Waals surface area contributed by atoms with E-state index in [1.54, 1.807) is 0 Å². The fourth-order valence-electron chi connectivity index (χ4n) is 4.51. The number of nitrogens with one attached hydrogen (secondary N) is 1. The second-order valence-electron chi connectivity index (χ2n) is 7.75. The van der Waals surface area contributed by atoms with Crippen molar-refractivity contribution in [2.24, 2.45) is 0 Å². The summed E-state index contributed by atoms with van der Waals surface area (Å²) in [6.45, 7) is 1.71. The number of ether oxygens (including phenoxy) is 1. The van der Waals surface area contributed by atoms with Gasteiger partial charge in [0.1, 0.15) is 18.6 Å². The molecule has 2 aromatic rings. The maximum atomic E-state index is 13.2. The van der Waals surface area contributed by atoms with Gasteiger partial charge in [-0.15, -0.1) is 0 Å². The van der Waals surface area contributed by atoms with E-state index in [2.05, 4.69) is 43.4 Å². The van der Waals surface area contributed by atoms with Gasteiger partial charge in [0, 0.05) is 6.42 Å². The Morgan fingerprint density at radius 1 is 1.00 bits per heavy atom. The van der Waals surface area contributed by atoms with Gasteiger partial charge in [-0.3, -0.25) is 4.79 Å². The summed E-state index contributed by atoms with van der Waals surface area (Å²) in [4.78, 5) is 14.7. The monoisotopic (exact) mass is 350 g/mol. The van der Waals surface area contributed by atoms with Crippen molar-refractivity contribution in [3.8, 4) is 0 Å². The van der Waals surface area contributed by atoms with Crippen molar-refractivity contribution >= 4 is 5.97 Å². The summed E-state index contributed by atoms with van der Waals surface area (Å²) in [6.07, 6.45) is 5.63. The molecule has 1 saturated heterocycles. The highest BCUT2D eigenvalue weighted by molar-refractivity contribution is 5.83. The van der Waals surface area contributed by atoms with E-state index in [4.69, 9.17) is 4.74 Å². The molecule has 1 heterocycles. The fourth-order valence-corrected chi connectivity index (χ4v) is 4.51. The molecule has 2 aliphatic rings. The van der Waals surface area contributed by atoms with Crippen LogP contribution in [-0.4, -0.2) is 32.2 Å². The van der Waals surface area contributed by atoms with Gasteiger partial charge in [0.25, 0.3) is 0 Å². The van der Waals surface area contributed by atoms with Crippen molar-refractivity contribution in [1.29, 1.82) is 0 Å². The van der Waals surface area contributed by atoms with E-state index >= 15 is 0 Å². The number of rotatable bonds is 3. The molecule has 1 aliphatic carbocycles. The first-order valence-electron chi connectivity index (χ1n) is 9.88. The molecule has 2 aromatic carbocycles.